The topological polar surface area (TPSA) is 43.1 Å². The van der Waals surface area contributed by atoms with E-state index in [2.05, 4.69) is 4.98 Å². The van der Waals surface area contributed by atoms with E-state index in [9.17, 15) is 8.60 Å². The quantitative estimate of drug-likeness (QED) is 0.651. The molecule has 2 aromatic carbocycles. The summed E-state index contributed by atoms with van der Waals surface area (Å²) in [5.41, 5.74) is 1.76. The average Bonchev–Trinajstić information content (AvgIpc) is 3.11. The van der Waals surface area contributed by atoms with Gasteiger partial charge in [-0.3, -0.25) is 4.21 Å². The standard InChI is InChI=1S/C19H18FNO2S/c1-13(15-8-10-17(20)11-9-15)24(22)14(2)19-21-12-18(23-19)16-6-4-3-5-7-16/h3-14H,1-2H3. The van der Waals surface area contributed by atoms with Crippen LogP contribution in [-0.4, -0.2) is 9.19 Å². The molecule has 0 N–H and O–H groups in total. The first kappa shape index (κ1) is 16.6. The highest BCUT2D eigenvalue weighted by atomic mass is 32.2. The number of halogens is 1. The molecule has 0 saturated carbocycles. The van der Waals surface area contributed by atoms with Crippen molar-refractivity contribution < 1.29 is 13.0 Å². The molecule has 0 aliphatic carbocycles. The Morgan fingerprint density at radius 1 is 1.00 bits per heavy atom. The zero-order valence-electron chi connectivity index (χ0n) is 13.5. The van der Waals surface area contributed by atoms with Gasteiger partial charge in [0.1, 0.15) is 11.1 Å². The number of hydrogen-bond donors (Lipinski definition) is 0. The summed E-state index contributed by atoms with van der Waals surface area (Å²) in [7, 11) is -1.24. The van der Waals surface area contributed by atoms with Crippen molar-refractivity contribution in [2.75, 3.05) is 0 Å². The Kier molecular flexibility index (Phi) is 4.90. The van der Waals surface area contributed by atoms with Crippen molar-refractivity contribution >= 4 is 10.8 Å². The smallest absolute Gasteiger partial charge is 0.210 e. The molecule has 0 aliphatic heterocycles. The van der Waals surface area contributed by atoms with Crippen molar-refractivity contribution in [2.45, 2.75) is 24.3 Å². The number of aromatic nitrogens is 1. The van der Waals surface area contributed by atoms with Gasteiger partial charge in [-0.1, -0.05) is 42.5 Å². The van der Waals surface area contributed by atoms with Crippen molar-refractivity contribution in [3.8, 4) is 11.3 Å². The normalized spacial score (nSPS) is 15.0. The van der Waals surface area contributed by atoms with E-state index in [0.717, 1.165) is 11.1 Å². The van der Waals surface area contributed by atoms with Crippen molar-refractivity contribution in [1.82, 2.24) is 4.98 Å². The van der Waals surface area contributed by atoms with E-state index >= 15 is 0 Å². The molecule has 1 aromatic heterocycles. The van der Waals surface area contributed by atoms with Gasteiger partial charge in [0.25, 0.3) is 0 Å². The van der Waals surface area contributed by atoms with Crippen LogP contribution in [0.15, 0.2) is 65.2 Å². The molecule has 0 fully saturated rings. The Balaban J connectivity index is 1.78. The van der Waals surface area contributed by atoms with E-state index in [1.165, 1.54) is 12.1 Å². The van der Waals surface area contributed by atoms with Crippen molar-refractivity contribution in [1.29, 1.82) is 0 Å². The van der Waals surface area contributed by atoms with Crippen LogP contribution in [0.5, 0.6) is 0 Å². The second kappa shape index (κ2) is 7.09. The predicted molar refractivity (Wildman–Crippen MR) is 93.3 cm³/mol. The van der Waals surface area contributed by atoms with Crippen LogP contribution in [0.3, 0.4) is 0 Å². The van der Waals surface area contributed by atoms with Gasteiger partial charge in [-0.05, 0) is 31.5 Å². The van der Waals surface area contributed by atoms with Crippen LogP contribution >= 0.6 is 0 Å². The molecular weight excluding hydrogens is 325 g/mol. The minimum atomic E-state index is -1.24. The third-order valence-corrected chi connectivity index (χ3v) is 5.83. The first-order chi connectivity index (χ1) is 11.6. The lowest BCUT2D eigenvalue weighted by atomic mass is 10.2. The third-order valence-electron chi connectivity index (χ3n) is 3.97. The summed E-state index contributed by atoms with van der Waals surface area (Å²) in [6, 6.07) is 15.7. The maximum atomic E-state index is 13.0. The second-order valence-electron chi connectivity index (χ2n) is 5.59. The monoisotopic (exact) mass is 343 g/mol. The zero-order chi connectivity index (χ0) is 17.1. The molecule has 3 aromatic rings. The molecule has 5 heteroatoms. The van der Waals surface area contributed by atoms with Gasteiger partial charge >= 0.3 is 0 Å². The largest absolute Gasteiger partial charge is 0.439 e. The van der Waals surface area contributed by atoms with Crippen LogP contribution in [0.4, 0.5) is 4.39 Å². The SMILES string of the molecule is CC(c1ccc(F)cc1)S(=O)C(C)c1ncc(-c2ccccc2)o1. The number of nitrogens with zero attached hydrogens (tertiary/aromatic N) is 1. The molecule has 0 aliphatic rings. The summed E-state index contributed by atoms with van der Waals surface area (Å²) in [5, 5.41) is -0.602. The molecule has 1 heterocycles. The van der Waals surface area contributed by atoms with Crippen LogP contribution in [0, 0.1) is 5.82 Å². The summed E-state index contributed by atoms with van der Waals surface area (Å²) in [4.78, 5) is 4.28. The summed E-state index contributed by atoms with van der Waals surface area (Å²) < 4.78 is 31.6. The Hall–Kier alpha value is -2.27. The van der Waals surface area contributed by atoms with Crippen molar-refractivity contribution in [3.63, 3.8) is 0 Å². The highest BCUT2D eigenvalue weighted by Gasteiger charge is 2.25. The van der Waals surface area contributed by atoms with Gasteiger partial charge in [-0.15, -0.1) is 0 Å². The van der Waals surface area contributed by atoms with Crippen LogP contribution in [-0.2, 0) is 10.8 Å². The number of benzene rings is 2. The first-order valence-corrected chi connectivity index (χ1v) is 9.00. The molecule has 0 amide bonds. The molecule has 0 radical (unpaired) electrons. The van der Waals surface area contributed by atoms with Gasteiger partial charge in [-0.25, -0.2) is 9.37 Å². The Labute approximate surface area is 143 Å². The highest BCUT2D eigenvalue weighted by molar-refractivity contribution is 7.85. The lowest BCUT2D eigenvalue weighted by molar-refractivity contribution is 0.504. The summed E-state index contributed by atoms with van der Waals surface area (Å²) in [6.07, 6.45) is 1.65. The zero-order valence-corrected chi connectivity index (χ0v) is 14.3. The molecule has 124 valence electrons. The Bertz CT molecular complexity index is 830. The van der Waals surface area contributed by atoms with Crippen LogP contribution in [0.25, 0.3) is 11.3 Å². The van der Waals surface area contributed by atoms with Gasteiger partial charge in [0.2, 0.25) is 5.89 Å². The van der Waals surface area contributed by atoms with E-state index < -0.39 is 10.8 Å². The van der Waals surface area contributed by atoms with E-state index in [1.54, 1.807) is 18.3 Å². The Morgan fingerprint density at radius 2 is 1.67 bits per heavy atom. The van der Waals surface area contributed by atoms with Gasteiger partial charge in [0, 0.05) is 16.4 Å². The molecule has 3 rings (SSSR count). The minimum Gasteiger partial charge on any atom is -0.439 e. The molecule has 24 heavy (non-hydrogen) atoms. The number of rotatable bonds is 5. The van der Waals surface area contributed by atoms with Crippen LogP contribution in [0.1, 0.15) is 35.8 Å². The van der Waals surface area contributed by atoms with E-state index in [-0.39, 0.29) is 16.3 Å². The predicted octanol–water partition coefficient (Wildman–Crippen LogP) is 5.05. The molecule has 0 bridgehead atoms. The number of oxazole rings is 1. The molecule has 0 saturated heterocycles. The minimum absolute atomic E-state index is 0.243. The van der Waals surface area contributed by atoms with E-state index in [0.29, 0.717) is 11.7 Å². The fraction of sp³-hybridized carbons (Fsp3) is 0.211. The van der Waals surface area contributed by atoms with E-state index in [4.69, 9.17) is 4.42 Å². The maximum absolute atomic E-state index is 13.0. The van der Waals surface area contributed by atoms with Gasteiger partial charge in [0.15, 0.2) is 5.76 Å². The first-order valence-electron chi connectivity index (χ1n) is 7.72. The van der Waals surface area contributed by atoms with Crippen LogP contribution in [0.2, 0.25) is 0 Å². The summed E-state index contributed by atoms with van der Waals surface area (Å²) in [6.45, 7) is 3.69. The van der Waals surface area contributed by atoms with Gasteiger partial charge in [-0.2, -0.15) is 0 Å². The molecule has 0 spiro atoms. The van der Waals surface area contributed by atoms with Gasteiger partial charge in [0.05, 0.1) is 11.4 Å². The van der Waals surface area contributed by atoms with Crippen LogP contribution < -0.4 is 0 Å². The summed E-state index contributed by atoms with van der Waals surface area (Å²) >= 11 is 0. The second-order valence-corrected chi connectivity index (χ2v) is 7.66. The molecule has 3 atom stereocenters. The van der Waals surface area contributed by atoms with E-state index in [1.807, 2.05) is 44.2 Å². The third kappa shape index (κ3) is 3.46. The highest BCUT2D eigenvalue weighted by Crippen LogP contribution is 2.31. The average molecular weight is 343 g/mol. The Morgan fingerprint density at radius 3 is 2.33 bits per heavy atom. The molecular formula is C19H18FNO2S. The lowest BCUT2D eigenvalue weighted by Gasteiger charge is -2.15. The molecule has 3 unspecified atom stereocenters. The lowest BCUT2D eigenvalue weighted by Crippen LogP contribution is -2.10. The molecule has 3 nitrogen and oxygen atoms in total. The van der Waals surface area contributed by atoms with Gasteiger partial charge < -0.3 is 4.42 Å². The fourth-order valence-electron chi connectivity index (χ4n) is 2.48. The maximum Gasteiger partial charge on any atom is 0.210 e. The number of hydrogen-bond acceptors (Lipinski definition) is 3. The van der Waals surface area contributed by atoms with Crippen molar-refractivity contribution in [2.24, 2.45) is 0 Å². The summed E-state index contributed by atoms with van der Waals surface area (Å²) in [5.74, 6) is 0.801. The van der Waals surface area contributed by atoms with Crippen molar-refractivity contribution in [3.05, 3.63) is 78.1 Å². The fourth-order valence-corrected chi connectivity index (χ4v) is 3.83.